The zero-order valence-corrected chi connectivity index (χ0v) is 14.8. The molecule has 3 heteroatoms. The van der Waals surface area contributed by atoms with E-state index >= 15 is 0 Å². The second kappa shape index (κ2) is 7.39. The maximum Gasteiger partial charge on any atom is 0.0702 e. The molecule has 0 aliphatic heterocycles. The summed E-state index contributed by atoms with van der Waals surface area (Å²) in [5, 5.41) is 3.61. The molecular weight excluding hydrogens is 330 g/mol. The first kappa shape index (κ1) is 15.7. The van der Waals surface area contributed by atoms with Crippen LogP contribution in [0.15, 0.2) is 34.1 Å². The van der Waals surface area contributed by atoms with Gasteiger partial charge in [-0.1, -0.05) is 39.0 Å². The van der Waals surface area contributed by atoms with Crippen LogP contribution >= 0.6 is 27.3 Å². The lowest BCUT2D eigenvalue weighted by atomic mass is 9.96. The summed E-state index contributed by atoms with van der Waals surface area (Å²) in [5.41, 5.74) is 4.32. The Hall–Kier alpha value is -0.640. The van der Waals surface area contributed by atoms with Crippen molar-refractivity contribution in [1.82, 2.24) is 5.32 Å². The maximum absolute atomic E-state index is 3.61. The van der Waals surface area contributed by atoms with Crippen LogP contribution in [0.25, 0.3) is 0 Å². The van der Waals surface area contributed by atoms with Gasteiger partial charge in [0.25, 0.3) is 0 Å². The number of hydrogen-bond acceptors (Lipinski definition) is 2. The fourth-order valence-corrected chi connectivity index (χ4v) is 4.10. The summed E-state index contributed by atoms with van der Waals surface area (Å²) in [4.78, 5) is 1.37. The van der Waals surface area contributed by atoms with Crippen LogP contribution in [0.5, 0.6) is 0 Å². The molecule has 0 radical (unpaired) electrons. The van der Waals surface area contributed by atoms with E-state index in [0.717, 1.165) is 19.4 Å². The van der Waals surface area contributed by atoms with Gasteiger partial charge in [-0.25, -0.2) is 0 Å². The third-order valence-corrected chi connectivity index (χ3v) is 5.30. The van der Waals surface area contributed by atoms with Gasteiger partial charge in [0.15, 0.2) is 0 Å². The van der Waals surface area contributed by atoms with E-state index in [1.54, 1.807) is 0 Å². The molecule has 1 nitrogen and oxygen atoms in total. The summed E-state index contributed by atoms with van der Waals surface area (Å²) >= 11 is 5.37. The van der Waals surface area contributed by atoms with Crippen LogP contribution in [0.3, 0.4) is 0 Å². The van der Waals surface area contributed by atoms with Gasteiger partial charge in [-0.3, -0.25) is 0 Å². The molecule has 1 atom stereocenters. The lowest BCUT2D eigenvalue weighted by molar-refractivity contribution is 0.638. The van der Waals surface area contributed by atoms with Gasteiger partial charge in [0.1, 0.15) is 0 Å². The molecule has 0 fully saturated rings. The van der Waals surface area contributed by atoms with E-state index in [0.29, 0.717) is 6.04 Å². The molecule has 2 aromatic rings. The van der Waals surface area contributed by atoms with Crippen LogP contribution in [0.2, 0.25) is 0 Å². The van der Waals surface area contributed by atoms with Crippen LogP contribution in [0.1, 0.15) is 48.4 Å². The molecule has 1 heterocycles. The molecule has 2 rings (SSSR count). The largest absolute Gasteiger partial charge is 0.306 e. The molecule has 108 valence electrons. The lowest BCUT2D eigenvalue weighted by Gasteiger charge is -2.19. The van der Waals surface area contributed by atoms with Crippen molar-refractivity contribution in [3.05, 3.63) is 55.7 Å². The van der Waals surface area contributed by atoms with Crippen molar-refractivity contribution in [2.24, 2.45) is 0 Å². The van der Waals surface area contributed by atoms with E-state index in [-0.39, 0.29) is 0 Å². The topological polar surface area (TPSA) is 12.0 Å². The van der Waals surface area contributed by atoms with Gasteiger partial charge in [-0.15, -0.1) is 11.3 Å². The molecule has 0 spiro atoms. The summed E-state index contributed by atoms with van der Waals surface area (Å²) in [5.74, 6) is 0. The van der Waals surface area contributed by atoms with Crippen LogP contribution in [0.4, 0.5) is 0 Å². The van der Waals surface area contributed by atoms with Crippen LogP contribution in [-0.2, 0) is 12.8 Å². The fraction of sp³-hybridized carbons (Fsp3) is 0.412. The molecule has 0 bridgehead atoms. The molecule has 1 aromatic heterocycles. The van der Waals surface area contributed by atoms with Gasteiger partial charge in [0, 0.05) is 4.88 Å². The van der Waals surface area contributed by atoms with Gasteiger partial charge in [-0.05, 0) is 64.1 Å². The molecule has 1 N–H and O–H groups in total. The quantitative estimate of drug-likeness (QED) is 0.740. The summed E-state index contributed by atoms with van der Waals surface area (Å²) in [6, 6.07) is 11.6. The Labute approximate surface area is 134 Å². The van der Waals surface area contributed by atoms with Crippen molar-refractivity contribution in [2.45, 2.75) is 39.7 Å². The smallest absolute Gasteiger partial charge is 0.0702 e. The van der Waals surface area contributed by atoms with Crippen LogP contribution < -0.4 is 5.32 Å². The first-order valence-electron chi connectivity index (χ1n) is 7.29. The Bertz CT molecular complexity index is 562. The Morgan fingerprint density at radius 1 is 1.05 bits per heavy atom. The summed E-state index contributed by atoms with van der Waals surface area (Å²) < 4.78 is 1.19. The Kier molecular flexibility index (Phi) is 5.82. The number of aryl methyl sites for hydroxylation is 2. The van der Waals surface area contributed by atoms with E-state index in [1.165, 1.54) is 25.4 Å². The highest BCUT2D eigenvalue weighted by Gasteiger charge is 2.16. The minimum Gasteiger partial charge on any atom is -0.306 e. The minimum atomic E-state index is 0.299. The molecule has 0 aliphatic rings. The summed E-state index contributed by atoms with van der Waals surface area (Å²) in [6.07, 6.45) is 2.21. The monoisotopic (exact) mass is 351 g/mol. The normalized spacial score (nSPS) is 12.6. The summed E-state index contributed by atoms with van der Waals surface area (Å²) in [6.45, 7) is 7.60. The molecule has 1 aromatic carbocycles. The number of benzene rings is 1. The van der Waals surface area contributed by atoms with E-state index < -0.39 is 0 Å². The van der Waals surface area contributed by atoms with E-state index in [2.05, 4.69) is 72.3 Å². The second-order valence-electron chi connectivity index (χ2n) is 4.87. The highest BCUT2D eigenvalue weighted by molar-refractivity contribution is 9.11. The molecule has 1 unspecified atom stereocenters. The van der Waals surface area contributed by atoms with Crippen molar-refractivity contribution >= 4 is 27.3 Å². The van der Waals surface area contributed by atoms with Gasteiger partial charge in [0.05, 0.1) is 9.83 Å². The first-order valence-corrected chi connectivity index (χ1v) is 8.90. The molecule has 0 amide bonds. The SMILES string of the molecule is CCNC(c1ccc(CC)c(CC)c1)c1ccc(Br)s1. The van der Waals surface area contributed by atoms with Crippen LogP contribution in [-0.4, -0.2) is 6.54 Å². The van der Waals surface area contributed by atoms with Crippen molar-refractivity contribution in [1.29, 1.82) is 0 Å². The Morgan fingerprint density at radius 2 is 1.80 bits per heavy atom. The third kappa shape index (κ3) is 3.51. The molecule has 20 heavy (non-hydrogen) atoms. The number of hydrogen-bond donors (Lipinski definition) is 1. The molecule has 0 saturated heterocycles. The minimum absolute atomic E-state index is 0.299. The standard InChI is InChI=1S/C17H22BrNS/c1-4-12-7-8-14(11-13(12)5-2)17(19-6-3)15-9-10-16(18)20-15/h7-11,17,19H,4-6H2,1-3H3. The molecular formula is C17H22BrNS. The molecule has 0 aliphatic carbocycles. The van der Waals surface area contributed by atoms with Crippen LogP contribution in [0, 0.1) is 0 Å². The van der Waals surface area contributed by atoms with E-state index in [4.69, 9.17) is 0 Å². The summed E-state index contributed by atoms with van der Waals surface area (Å²) in [7, 11) is 0. The number of thiophene rings is 1. The van der Waals surface area contributed by atoms with Gasteiger partial charge < -0.3 is 5.32 Å². The van der Waals surface area contributed by atoms with Gasteiger partial charge >= 0.3 is 0 Å². The second-order valence-corrected chi connectivity index (χ2v) is 7.36. The average molecular weight is 352 g/mol. The highest BCUT2D eigenvalue weighted by atomic mass is 79.9. The number of rotatable bonds is 6. The van der Waals surface area contributed by atoms with Crippen molar-refractivity contribution in [2.75, 3.05) is 6.54 Å². The zero-order valence-electron chi connectivity index (χ0n) is 12.4. The van der Waals surface area contributed by atoms with Gasteiger partial charge in [-0.2, -0.15) is 0 Å². The van der Waals surface area contributed by atoms with Gasteiger partial charge in [0.2, 0.25) is 0 Å². The van der Waals surface area contributed by atoms with Crippen molar-refractivity contribution < 1.29 is 0 Å². The van der Waals surface area contributed by atoms with E-state index in [9.17, 15) is 0 Å². The lowest BCUT2D eigenvalue weighted by Crippen LogP contribution is -2.21. The Balaban J connectivity index is 2.39. The van der Waals surface area contributed by atoms with Crippen molar-refractivity contribution in [3.63, 3.8) is 0 Å². The number of halogens is 1. The fourth-order valence-electron chi connectivity index (χ4n) is 2.57. The highest BCUT2D eigenvalue weighted by Crippen LogP contribution is 2.32. The predicted molar refractivity (Wildman–Crippen MR) is 92.7 cm³/mol. The van der Waals surface area contributed by atoms with E-state index in [1.807, 2.05) is 11.3 Å². The maximum atomic E-state index is 3.61. The number of nitrogens with one attached hydrogen (secondary N) is 1. The predicted octanol–water partition coefficient (Wildman–Crippen LogP) is 5.33. The Morgan fingerprint density at radius 3 is 2.35 bits per heavy atom. The molecule has 0 saturated carbocycles. The zero-order chi connectivity index (χ0) is 14.5. The van der Waals surface area contributed by atoms with Crippen molar-refractivity contribution in [3.8, 4) is 0 Å². The average Bonchev–Trinajstić information content (AvgIpc) is 2.90. The third-order valence-electron chi connectivity index (χ3n) is 3.61. The first-order chi connectivity index (χ1) is 9.69.